The maximum Gasteiger partial charge on any atom is 0.191 e. The highest BCUT2D eigenvalue weighted by molar-refractivity contribution is 5.79. The van der Waals surface area contributed by atoms with Crippen LogP contribution in [0.1, 0.15) is 30.8 Å². The first-order chi connectivity index (χ1) is 14.3. The minimum Gasteiger partial charge on any atom is -0.374 e. The van der Waals surface area contributed by atoms with E-state index in [1.54, 1.807) is 7.05 Å². The fraction of sp³-hybridized carbons (Fsp3) is 0.304. The molecule has 0 aliphatic heterocycles. The molecule has 1 aromatic heterocycles. The summed E-state index contributed by atoms with van der Waals surface area (Å²) in [6.45, 7) is 4.14. The van der Waals surface area contributed by atoms with Gasteiger partial charge in [-0.3, -0.25) is 4.99 Å². The molecule has 0 fully saturated rings. The molecular weight excluding hydrogens is 362 g/mol. The summed E-state index contributed by atoms with van der Waals surface area (Å²) in [6, 6.07) is 20.4. The Morgan fingerprint density at radius 3 is 2.52 bits per heavy atom. The lowest BCUT2D eigenvalue weighted by atomic mass is 10.1. The number of benzene rings is 2. The van der Waals surface area contributed by atoms with Crippen LogP contribution < -0.4 is 10.6 Å². The molecule has 0 saturated carbocycles. The van der Waals surface area contributed by atoms with Crippen LogP contribution in [0, 0.1) is 0 Å². The maximum atomic E-state index is 5.90. The quantitative estimate of drug-likeness (QED) is 0.294. The zero-order chi connectivity index (χ0) is 20.3. The molecule has 3 aromatic rings. The molecule has 0 spiro atoms. The third-order valence-electron chi connectivity index (χ3n) is 4.61. The molecule has 3 N–H and O–H groups in total. The smallest absolute Gasteiger partial charge is 0.191 e. The Morgan fingerprint density at radius 2 is 1.79 bits per heavy atom. The number of aromatic nitrogens is 2. The van der Waals surface area contributed by atoms with Crippen molar-refractivity contribution in [2.45, 2.75) is 26.0 Å². The van der Waals surface area contributed by atoms with E-state index in [4.69, 9.17) is 4.74 Å². The SMILES string of the molecule is CN=C(NCCCOC(C)c1ccccc1)NCc1ncc(-c2ccccc2)[nH]1. The topological polar surface area (TPSA) is 74.3 Å². The number of hydrogen-bond donors (Lipinski definition) is 3. The van der Waals surface area contributed by atoms with Gasteiger partial charge in [-0.1, -0.05) is 60.7 Å². The number of H-pyrrole nitrogens is 1. The van der Waals surface area contributed by atoms with Crippen molar-refractivity contribution >= 4 is 5.96 Å². The molecule has 2 aromatic carbocycles. The highest BCUT2D eigenvalue weighted by atomic mass is 16.5. The van der Waals surface area contributed by atoms with Crippen molar-refractivity contribution in [3.8, 4) is 11.3 Å². The van der Waals surface area contributed by atoms with E-state index >= 15 is 0 Å². The van der Waals surface area contributed by atoms with Crippen LogP contribution in [-0.4, -0.2) is 36.1 Å². The van der Waals surface area contributed by atoms with Crippen molar-refractivity contribution in [3.05, 3.63) is 78.2 Å². The highest BCUT2D eigenvalue weighted by Gasteiger charge is 2.06. The highest BCUT2D eigenvalue weighted by Crippen LogP contribution is 2.16. The maximum absolute atomic E-state index is 5.90. The number of imidazole rings is 1. The van der Waals surface area contributed by atoms with Gasteiger partial charge in [0, 0.05) is 20.2 Å². The lowest BCUT2D eigenvalue weighted by molar-refractivity contribution is 0.0646. The first-order valence-electron chi connectivity index (χ1n) is 9.96. The molecule has 6 heteroatoms. The molecule has 3 rings (SSSR count). The second-order valence-electron chi connectivity index (χ2n) is 6.74. The Hall–Kier alpha value is -3.12. The number of nitrogens with one attached hydrogen (secondary N) is 3. The predicted octanol–water partition coefficient (Wildman–Crippen LogP) is 3.91. The Kier molecular flexibility index (Phi) is 7.83. The van der Waals surface area contributed by atoms with Gasteiger partial charge in [-0.25, -0.2) is 4.98 Å². The van der Waals surface area contributed by atoms with E-state index < -0.39 is 0 Å². The summed E-state index contributed by atoms with van der Waals surface area (Å²) in [5, 5.41) is 6.59. The van der Waals surface area contributed by atoms with Crippen LogP contribution >= 0.6 is 0 Å². The number of hydrogen-bond acceptors (Lipinski definition) is 3. The van der Waals surface area contributed by atoms with Gasteiger partial charge in [-0.2, -0.15) is 0 Å². The van der Waals surface area contributed by atoms with Gasteiger partial charge in [0.25, 0.3) is 0 Å². The molecule has 6 nitrogen and oxygen atoms in total. The Balaban J connectivity index is 1.35. The zero-order valence-electron chi connectivity index (χ0n) is 17.1. The number of ether oxygens (including phenoxy) is 1. The standard InChI is InChI=1S/C23H29N5O/c1-18(19-10-5-3-6-11-19)29-15-9-14-25-23(24-2)27-17-22-26-16-21(28-22)20-12-7-4-8-13-20/h3-8,10-13,16,18H,9,14-15,17H2,1-2H3,(H,26,28)(H2,24,25,27). The molecule has 0 bridgehead atoms. The molecule has 0 radical (unpaired) electrons. The fourth-order valence-electron chi connectivity index (χ4n) is 2.96. The first-order valence-corrected chi connectivity index (χ1v) is 9.96. The molecule has 0 saturated heterocycles. The van der Waals surface area contributed by atoms with Crippen LogP contribution in [0.25, 0.3) is 11.3 Å². The van der Waals surface area contributed by atoms with E-state index in [2.05, 4.69) is 56.8 Å². The average molecular weight is 392 g/mol. The Labute approximate surface area is 172 Å². The van der Waals surface area contributed by atoms with Crippen molar-refractivity contribution in [1.29, 1.82) is 0 Å². The van der Waals surface area contributed by atoms with Crippen LogP contribution in [0.5, 0.6) is 0 Å². The van der Waals surface area contributed by atoms with Gasteiger partial charge in [0.1, 0.15) is 5.82 Å². The lowest BCUT2D eigenvalue weighted by Crippen LogP contribution is -2.37. The van der Waals surface area contributed by atoms with Gasteiger partial charge in [0.05, 0.1) is 24.5 Å². The summed E-state index contributed by atoms with van der Waals surface area (Å²) in [6.07, 6.45) is 2.86. The molecule has 1 atom stereocenters. The first kappa shape index (κ1) is 20.6. The van der Waals surface area contributed by atoms with E-state index in [9.17, 15) is 0 Å². The second kappa shape index (κ2) is 11.0. The molecule has 0 aliphatic carbocycles. The number of nitrogens with zero attached hydrogens (tertiary/aromatic N) is 2. The molecule has 1 heterocycles. The largest absolute Gasteiger partial charge is 0.374 e. The van der Waals surface area contributed by atoms with E-state index in [1.807, 2.05) is 42.6 Å². The minimum atomic E-state index is 0.103. The van der Waals surface area contributed by atoms with Gasteiger partial charge >= 0.3 is 0 Å². The predicted molar refractivity (Wildman–Crippen MR) is 118 cm³/mol. The normalized spacial score (nSPS) is 12.6. The van der Waals surface area contributed by atoms with Gasteiger partial charge in [-0.05, 0) is 24.5 Å². The van der Waals surface area contributed by atoms with Crippen LogP contribution in [0.15, 0.2) is 71.9 Å². The number of guanidine groups is 1. The van der Waals surface area contributed by atoms with Crippen LogP contribution in [0.2, 0.25) is 0 Å². The summed E-state index contributed by atoms with van der Waals surface area (Å²) in [5.41, 5.74) is 3.33. The van der Waals surface area contributed by atoms with Crippen LogP contribution in [-0.2, 0) is 11.3 Å². The summed E-state index contributed by atoms with van der Waals surface area (Å²) in [4.78, 5) is 12.0. The molecule has 1 unspecified atom stereocenters. The van der Waals surface area contributed by atoms with E-state index in [0.717, 1.165) is 36.0 Å². The number of aliphatic imine (C=N–C) groups is 1. The number of rotatable bonds is 9. The van der Waals surface area contributed by atoms with Crippen molar-refractivity contribution in [2.75, 3.05) is 20.2 Å². The van der Waals surface area contributed by atoms with Crippen molar-refractivity contribution in [3.63, 3.8) is 0 Å². The van der Waals surface area contributed by atoms with E-state index in [1.165, 1.54) is 5.56 Å². The van der Waals surface area contributed by atoms with Gasteiger partial charge in [-0.15, -0.1) is 0 Å². The average Bonchev–Trinajstić information content (AvgIpc) is 3.26. The summed E-state index contributed by atoms with van der Waals surface area (Å²) < 4.78 is 5.90. The monoisotopic (exact) mass is 391 g/mol. The second-order valence-corrected chi connectivity index (χ2v) is 6.74. The van der Waals surface area contributed by atoms with Gasteiger partial charge in [0.15, 0.2) is 5.96 Å². The Morgan fingerprint density at radius 1 is 1.07 bits per heavy atom. The Bertz CT molecular complexity index is 877. The third-order valence-corrected chi connectivity index (χ3v) is 4.61. The summed E-state index contributed by atoms with van der Waals surface area (Å²) in [5.74, 6) is 1.62. The molecule has 29 heavy (non-hydrogen) atoms. The van der Waals surface area contributed by atoms with E-state index in [-0.39, 0.29) is 6.10 Å². The van der Waals surface area contributed by atoms with Crippen LogP contribution in [0.3, 0.4) is 0 Å². The third kappa shape index (κ3) is 6.47. The van der Waals surface area contributed by atoms with Gasteiger partial charge in [0.2, 0.25) is 0 Å². The lowest BCUT2D eigenvalue weighted by Gasteiger charge is -2.14. The van der Waals surface area contributed by atoms with Crippen molar-refractivity contribution in [2.24, 2.45) is 4.99 Å². The van der Waals surface area contributed by atoms with E-state index in [0.29, 0.717) is 13.2 Å². The molecule has 152 valence electrons. The zero-order valence-corrected chi connectivity index (χ0v) is 17.1. The molecule has 0 amide bonds. The summed E-state index contributed by atoms with van der Waals surface area (Å²) in [7, 11) is 1.76. The molecule has 0 aliphatic rings. The van der Waals surface area contributed by atoms with Gasteiger partial charge < -0.3 is 20.4 Å². The van der Waals surface area contributed by atoms with Crippen molar-refractivity contribution in [1.82, 2.24) is 20.6 Å². The fourth-order valence-corrected chi connectivity index (χ4v) is 2.96. The molecular formula is C23H29N5O. The minimum absolute atomic E-state index is 0.103. The summed E-state index contributed by atoms with van der Waals surface area (Å²) >= 11 is 0. The number of aromatic amines is 1. The van der Waals surface area contributed by atoms with Crippen molar-refractivity contribution < 1.29 is 4.74 Å². The van der Waals surface area contributed by atoms with Crippen LogP contribution in [0.4, 0.5) is 0 Å².